The maximum atomic E-state index is 9.92. The summed E-state index contributed by atoms with van der Waals surface area (Å²) in [4.78, 5) is 1.35. The lowest BCUT2D eigenvalue weighted by Gasteiger charge is -2.08. The SMILES string of the molecule is O[C@@H](C[NH2+]Cc1cccs1)c1ccccc1. The van der Waals surface area contributed by atoms with Crippen molar-refractivity contribution in [3.05, 3.63) is 58.3 Å². The number of aliphatic hydroxyl groups is 1. The first-order valence-corrected chi connectivity index (χ1v) is 6.31. The monoisotopic (exact) mass is 234 g/mol. The standard InChI is InChI=1S/C13H15NOS/c15-13(11-5-2-1-3-6-11)10-14-9-12-7-4-8-16-12/h1-8,13-15H,9-10H2/p+1/t13-/m0/s1. The Morgan fingerprint density at radius 3 is 2.62 bits per heavy atom. The van der Waals surface area contributed by atoms with E-state index in [1.165, 1.54) is 4.88 Å². The highest BCUT2D eigenvalue weighted by molar-refractivity contribution is 7.09. The molecule has 2 nitrogen and oxygen atoms in total. The van der Waals surface area contributed by atoms with Crippen LogP contribution in [0.25, 0.3) is 0 Å². The van der Waals surface area contributed by atoms with Gasteiger partial charge in [0.15, 0.2) is 0 Å². The number of hydrogen-bond acceptors (Lipinski definition) is 2. The minimum absolute atomic E-state index is 0.374. The molecule has 0 fully saturated rings. The van der Waals surface area contributed by atoms with E-state index in [1.54, 1.807) is 11.3 Å². The average Bonchev–Trinajstić information content (AvgIpc) is 2.83. The molecule has 1 aromatic carbocycles. The summed E-state index contributed by atoms with van der Waals surface area (Å²) in [5.74, 6) is 0. The van der Waals surface area contributed by atoms with Crippen LogP contribution in [0.3, 0.4) is 0 Å². The zero-order chi connectivity index (χ0) is 11.2. The first kappa shape index (κ1) is 11.3. The molecule has 0 unspecified atom stereocenters. The molecule has 0 bridgehead atoms. The summed E-state index contributed by atoms with van der Waals surface area (Å²) in [6.07, 6.45) is -0.374. The Hall–Kier alpha value is -1.16. The summed E-state index contributed by atoms with van der Waals surface area (Å²) >= 11 is 1.76. The first-order valence-electron chi connectivity index (χ1n) is 5.43. The molecule has 2 aromatic rings. The minimum atomic E-state index is -0.374. The molecular weight excluding hydrogens is 218 g/mol. The number of rotatable bonds is 5. The Kier molecular flexibility index (Phi) is 4.10. The first-order chi connectivity index (χ1) is 7.86. The van der Waals surface area contributed by atoms with Crippen molar-refractivity contribution in [3.8, 4) is 0 Å². The zero-order valence-corrected chi connectivity index (χ0v) is 9.86. The van der Waals surface area contributed by atoms with Crippen LogP contribution in [0.2, 0.25) is 0 Å². The molecule has 0 amide bonds. The van der Waals surface area contributed by atoms with E-state index in [0.717, 1.165) is 12.1 Å². The van der Waals surface area contributed by atoms with Gasteiger partial charge in [0.1, 0.15) is 19.2 Å². The van der Waals surface area contributed by atoms with Crippen molar-refractivity contribution in [1.82, 2.24) is 0 Å². The molecule has 0 aliphatic heterocycles. The van der Waals surface area contributed by atoms with Crippen molar-refractivity contribution >= 4 is 11.3 Å². The Morgan fingerprint density at radius 2 is 1.94 bits per heavy atom. The molecule has 0 aliphatic rings. The van der Waals surface area contributed by atoms with E-state index >= 15 is 0 Å². The predicted molar refractivity (Wildman–Crippen MR) is 66.2 cm³/mol. The van der Waals surface area contributed by atoms with Crippen LogP contribution < -0.4 is 5.32 Å². The van der Waals surface area contributed by atoms with Crippen molar-refractivity contribution in [2.45, 2.75) is 12.6 Å². The lowest BCUT2D eigenvalue weighted by atomic mass is 10.1. The van der Waals surface area contributed by atoms with E-state index in [1.807, 2.05) is 30.3 Å². The van der Waals surface area contributed by atoms with Gasteiger partial charge in [-0.3, -0.25) is 0 Å². The number of quaternary nitrogens is 1. The highest BCUT2D eigenvalue weighted by Crippen LogP contribution is 2.09. The van der Waals surface area contributed by atoms with Gasteiger partial charge >= 0.3 is 0 Å². The summed E-state index contributed by atoms with van der Waals surface area (Å²) in [7, 11) is 0. The van der Waals surface area contributed by atoms with Crippen molar-refractivity contribution < 1.29 is 10.4 Å². The van der Waals surface area contributed by atoms with Gasteiger partial charge in [-0.1, -0.05) is 36.4 Å². The second-order valence-electron chi connectivity index (χ2n) is 3.73. The minimum Gasteiger partial charge on any atom is -0.382 e. The van der Waals surface area contributed by atoms with Gasteiger partial charge in [-0.05, 0) is 17.0 Å². The van der Waals surface area contributed by atoms with E-state index in [4.69, 9.17) is 0 Å². The van der Waals surface area contributed by atoms with E-state index in [0.29, 0.717) is 6.54 Å². The molecular formula is C13H16NOS+. The molecule has 0 spiro atoms. The van der Waals surface area contributed by atoms with Crippen LogP contribution in [0.1, 0.15) is 16.5 Å². The van der Waals surface area contributed by atoms with Crippen LogP contribution in [0.15, 0.2) is 47.8 Å². The quantitative estimate of drug-likeness (QED) is 0.809. The predicted octanol–water partition coefficient (Wildman–Crippen LogP) is 1.55. The van der Waals surface area contributed by atoms with Crippen molar-refractivity contribution in [2.24, 2.45) is 0 Å². The highest BCUT2D eigenvalue weighted by atomic mass is 32.1. The summed E-state index contributed by atoms with van der Waals surface area (Å²) in [6.45, 7) is 1.66. The molecule has 0 saturated heterocycles. The van der Waals surface area contributed by atoms with Crippen LogP contribution in [0.4, 0.5) is 0 Å². The van der Waals surface area contributed by atoms with Gasteiger partial charge in [0.25, 0.3) is 0 Å². The molecule has 84 valence electrons. The highest BCUT2D eigenvalue weighted by Gasteiger charge is 2.08. The van der Waals surface area contributed by atoms with E-state index in [2.05, 4.69) is 22.8 Å². The second kappa shape index (κ2) is 5.80. The molecule has 16 heavy (non-hydrogen) atoms. The normalized spacial score (nSPS) is 12.6. The maximum absolute atomic E-state index is 9.92. The van der Waals surface area contributed by atoms with E-state index in [9.17, 15) is 5.11 Å². The zero-order valence-electron chi connectivity index (χ0n) is 9.04. The molecule has 1 atom stereocenters. The number of hydrogen-bond donors (Lipinski definition) is 2. The van der Waals surface area contributed by atoms with Crippen LogP contribution in [0.5, 0.6) is 0 Å². The third-order valence-electron chi connectivity index (χ3n) is 2.50. The van der Waals surface area contributed by atoms with Crippen LogP contribution in [-0.4, -0.2) is 11.7 Å². The fourth-order valence-electron chi connectivity index (χ4n) is 1.62. The molecule has 1 heterocycles. The third-order valence-corrected chi connectivity index (χ3v) is 3.40. The van der Waals surface area contributed by atoms with Gasteiger partial charge in [0.2, 0.25) is 0 Å². The van der Waals surface area contributed by atoms with Gasteiger partial charge in [-0.2, -0.15) is 0 Å². The molecule has 0 saturated carbocycles. The number of aliphatic hydroxyl groups excluding tert-OH is 1. The van der Waals surface area contributed by atoms with Crippen molar-refractivity contribution in [3.63, 3.8) is 0 Å². The van der Waals surface area contributed by atoms with Crippen LogP contribution >= 0.6 is 11.3 Å². The third kappa shape index (κ3) is 3.17. The van der Waals surface area contributed by atoms with Crippen molar-refractivity contribution in [2.75, 3.05) is 6.54 Å². The Balaban J connectivity index is 1.78. The van der Waals surface area contributed by atoms with E-state index < -0.39 is 0 Å². The largest absolute Gasteiger partial charge is 0.382 e. The summed E-state index contributed by atoms with van der Waals surface area (Å²) in [6, 6.07) is 14.0. The van der Waals surface area contributed by atoms with Gasteiger partial charge in [0, 0.05) is 0 Å². The fourth-order valence-corrected chi connectivity index (χ4v) is 2.33. The van der Waals surface area contributed by atoms with Gasteiger partial charge in [-0.15, -0.1) is 11.3 Å². The lowest BCUT2D eigenvalue weighted by Crippen LogP contribution is -2.83. The van der Waals surface area contributed by atoms with Gasteiger partial charge < -0.3 is 10.4 Å². The Labute approximate surface area is 99.6 Å². The number of nitrogens with two attached hydrogens (primary N) is 1. The van der Waals surface area contributed by atoms with Crippen molar-refractivity contribution in [1.29, 1.82) is 0 Å². The maximum Gasteiger partial charge on any atom is 0.128 e. The molecule has 1 aromatic heterocycles. The fraction of sp³-hybridized carbons (Fsp3) is 0.231. The Morgan fingerprint density at radius 1 is 1.12 bits per heavy atom. The lowest BCUT2D eigenvalue weighted by molar-refractivity contribution is -0.677. The van der Waals surface area contributed by atoms with Crippen LogP contribution in [0, 0.1) is 0 Å². The van der Waals surface area contributed by atoms with Gasteiger partial charge in [-0.25, -0.2) is 0 Å². The average molecular weight is 234 g/mol. The van der Waals surface area contributed by atoms with Crippen LogP contribution in [-0.2, 0) is 6.54 Å². The second-order valence-corrected chi connectivity index (χ2v) is 4.77. The molecule has 3 heteroatoms. The molecule has 0 radical (unpaired) electrons. The number of thiophene rings is 1. The summed E-state index contributed by atoms with van der Waals surface area (Å²) < 4.78 is 0. The molecule has 3 N–H and O–H groups in total. The Bertz CT molecular complexity index is 399. The van der Waals surface area contributed by atoms with E-state index in [-0.39, 0.29) is 6.10 Å². The number of benzene rings is 1. The van der Waals surface area contributed by atoms with Gasteiger partial charge in [0.05, 0.1) is 4.88 Å². The topological polar surface area (TPSA) is 36.8 Å². The molecule has 2 rings (SSSR count). The molecule has 0 aliphatic carbocycles. The summed E-state index contributed by atoms with van der Waals surface area (Å²) in [5, 5.41) is 14.1. The summed E-state index contributed by atoms with van der Waals surface area (Å²) in [5.41, 5.74) is 0.991. The smallest absolute Gasteiger partial charge is 0.128 e.